The quantitative estimate of drug-likeness (QED) is 0.626. The van der Waals surface area contributed by atoms with Crippen LogP contribution < -0.4 is 0 Å². The lowest BCUT2D eigenvalue weighted by Gasteiger charge is -1.97. The van der Waals surface area contributed by atoms with E-state index < -0.39 is 0 Å². The van der Waals surface area contributed by atoms with Crippen LogP contribution in [0.3, 0.4) is 0 Å². The predicted molar refractivity (Wildman–Crippen MR) is 46.4 cm³/mol. The smallest absolute Gasteiger partial charge is 0.0508 e. The van der Waals surface area contributed by atoms with Crippen LogP contribution in [-0.2, 0) is 0 Å². The Morgan fingerprint density at radius 3 is 2.56 bits per heavy atom. The van der Waals surface area contributed by atoms with Gasteiger partial charge in [0.05, 0.1) is 5.69 Å². The molecule has 1 heterocycles. The van der Waals surface area contributed by atoms with E-state index in [0.717, 1.165) is 5.69 Å². The van der Waals surface area contributed by atoms with Crippen LogP contribution in [0.2, 0.25) is 0 Å². The highest BCUT2D eigenvalue weighted by atomic mass is 127. The second kappa shape index (κ2) is 2.64. The summed E-state index contributed by atoms with van der Waals surface area (Å²) in [6.07, 6.45) is 1.84. The summed E-state index contributed by atoms with van der Waals surface area (Å²) in [5.41, 5.74) is 2.43. The lowest BCUT2D eigenvalue weighted by Crippen LogP contribution is -1.87. The lowest BCUT2D eigenvalue weighted by atomic mass is 10.3. The van der Waals surface area contributed by atoms with Crippen LogP contribution in [0.5, 0.6) is 0 Å². The lowest BCUT2D eigenvalue weighted by molar-refractivity contribution is 1.15. The molecule has 0 amide bonds. The van der Waals surface area contributed by atoms with E-state index in [2.05, 4.69) is 34.5 Å². The number of aromatic nitrogens is 1. The van der Waals surface area contributed by atoms with Gasteiger partial charge in [0.15, 0.2) is 0 Å². The number of pyridine rings is 1. The molecule has 0 atom stereocenters. The number of rotatable bonds is 0. The maximum absolute atomic E-state index is 4.13. The molecular formula is C7H8IN. The van der Waals surface area contributed by atoms with Crippen LogP contribution in [0.4, 0.5) is 0 Å². The van der Waals surface area contributed by atoms with Gasteiger partial charge in [-0.1, -0.05) is 0 Å². The highest BCUT2D eigenvalue weighted by Gasteiger charge is 1.95. The standard InChI is InChI=1S/C7H8IN/c1-5-3-4-9-6(2)7(5)8/h3-4H,1-2H3. The van der Waals surface area contributed by atoms with E-state index in [1.54, 1.807) is 0 Å². The minimum absolute atomic E-state index is 1.12. The number of hydrogen-bond acceptors (Lipinski definition) is 1. The normalized spacial score (nSPS) is 9.67. The molecule has 0 aliphatic rings. The fourth-order valence-corrected chi connectivity index (χ4v) is 0.995. The average Bonchev–Trinajstić information content (AvgIpc) is 1.83. The molecule has 0 aliphatic carbocycles. The summed E-state index contributed by atoms with van der Waals surface area (Å²) in [7, 11) is 0. The number of nitrogens with zero attached hydrogens (tertiary/aromatic N) is 1. The van der Waals surface area contributed by atoms with E-state index in [0.29, 0.717) is 0 Å². The molecule has 0 bridgehead atoms. The van der Waals surface area contributed by atoms with Gasteiger partial charge in [0, 0.05) is 9.77 Å². The Kier molecular flexibility index (Phi) is 2.05. The third kappa shape index (κ3) is 1.41. The molecular weight excluding hydrogens is 225 g/mol. The van der Waals surface area contributed by atoms with Gasteiger partial charge in [0.1, 0.15) is 0 Å². The number of halogens is 1. The molecule has 0 saturated carbocycles. The SMILES string of the molecule is Cc1ccnc(C)c1I. The Labute approximate surface area is 68.6 Å². The van der Waals surface area contributed by atoms with Gasteiger partial charge >= 0.3 is 0 Å². The Hall–Kier alpha value is -0.120. The summed E-state index contributed by atoms with van der Waals surface area (Å²) in [4.78, 5) is 4.13. The molecule has 0 saturated heterocycles. The van der Waals surface area contributed by atoms with Crippen molar-refractivity contribution in [2.75, 3.05) is 0 Å². The minimum Gasteiger partial charge on any atom is -0.260 e. The maximum Gasteiger partial charge on any atom is 0.0508 e. The molecule has 1 aromatic rings. The topological polar surface area (TPSA) is 12.9 Å². The fourth-order valence-electron chi connectivity index (χ4n) is 0.676. The second-order valence-electron chi connectivity index (χ2n) is 2.03. The van der Waals surface area contributed by atoms with Gasteiger partial charge in [-0.2, -0.15) is 0 Å². The zero-order chi connectivity index (χ0) is 6.85. The summed E-state index contributed by atoms with van der Waals surface area (Å²) in [5, 5.41) is 0. The first-order valence-electron chi connectivity index (χ1n) is 2.79. The fraction of sp³-hybridized carbons (Fsp3) is 0.286. The zero-order valence-corrected chi connectivity index (χ0v) is 7.64. The van der Waals surface area contributed by atoms with Gasteiger partial charge in [0.25, 0.3) is 0 Å². The molecule has 1 aromatic heterocycles. The maximum atomic E-state index is 4.13. The van der Waals surface area contributed by atoms with Crippen LogP contribution in [0.15, 0.2) is 12.3 Å². The Morgan fingerprint density at radius 1 is 1.44 bits per heavy atom. The Bertz CT molecular complexity index is 200. The van der Waals surface area contributed by atoms with E-state index in [-0.39, 0.29) is 0 Å². The highest BCUT2D eigenvalue weighted by molar-refractivity contribution is 14.1. The molecule has 0 aliphatic heterocycles. The first-order valence-corrected chi connectivity index (χ1v) is 3.87. The Balaban J connectivity index is 3.25. The van der Waals surface area contributed by atoms with E-state index in [9.17, 15) is 0 Å². The predicted octanol–water partition coefficient (Wildman–Crippen LogP) is 2.30. The van der Waals surface area contributed by atoms with Gasteiger partial charge in [0.2, 0.25) is 0 Å². The number of aryl methyl sites for hydroxylation is 2. The van der Waals surface area contributed by atoms with Crippen LogP contribution >= 0.6 is 22.6 Å². The Morgan fingerprint density at radius 2 is 2.11 bits per heavy atom. The van der Waals surface area contributed by atoms with Gasteiger partial charge < -0.3 is 0 Å². The molecule has 0 aromatic carbocycles. The molecule has 0 radical (unpaired) electrons. The van der Waals surface area contributed by atoms with Crippen molar-refractivity contribution in [3.05, 3.63) is 27.1 Å². The second-order valence-corrected chi connectivity index (χ2v) is 3.11. The van der Waals surface area contributed by atoms with Gasteiger partial charge in [-0.05, 0) is 48.1 Å². The summed E-state index contributed by atoms with van der Waals surface area (Å²) in [6.45, 7) is 4.12. The molecule has 0 unspecified atom stereocenters. The van der Waals surface area contributed by atoms with Crippen LogP contribution in [0.1, 0.15) is 11.3 Å². The molecule has 0 spiro atoms. The molecule has 9 heavy (non-hydrogen) atoms. The van der Waals surface area contributed by atoms with Crippen molar-refractivity contribution >= 4 is 22.6 Å². The van der Waals surface area contributed by atoms with Crippen molar-refractivity contribution in [2.24, 2.45) is 0 Å². The molecule has 2 heteroatoms. The van der Waals surface area contributed by atoms with E-state index in [1.165, 1.54) is 9.13 Å². The summed E-state index contributed by atoms with van der Waals surface area (Å²) < 4.78 is 1.27. The molecule has 1 rings (SSSR count). The van der Waals surface area contributed by atoms with Crippen molar-refractivity contribution < 1.29 is 0 Å². The number of hydrogen-bond donors (Lipinski definition) is 0. The van der Waals surface area contributed by atoms with Gasteiger partial charge in [-0.25, -0.2) is 0 Å². The molecule has 0 N–H and O–H groups in total. The first kappa shape index (κ1) is 6.99. The summed E-state index contributed by atoms with van der Waals surface area (Å²) >= 11 is 2.31. The average molecular weight is 233 g/mol. The minimum atomic E-state index is 1.12. The van der Waals surface area contributed by atoms with E-state index in [4.69, 9.17) is 0 Å². The largest absolute Gasteiger partial charge is 0.260 e. The van der Waals surface area contributed by atoms with E-state index >= 15 is 0 Å². The van der Waals surface area contributed by atoms with E-state index in [1.807, 2.05) is 19.2 Å². The summed E-state index contributed by atoms with van der Waals surface area (Å²) in [5.74, 6) is 0. The molecule has 1 nitrogen and oxygen atoms in total. The van der Waals surface area contributed by atoms with Crippen molar-refractivity contribution in [3.63, 3.8) is 0 Å². The van der Waals surface area contributed by atoms with Crippen molar-refractivity contribution in [2.45, 2.75) is 13.8 Å². The van der Waals surface area contributed by atoms with Crippen LogP contribution in [0, 0.1) is 17.4 Å². The molecule has 48 valence electrons. The van der Waals surface area contributed by atoms with Crippen molar-refractivity contribution in [3.8, 4) is 0 Å². The van der Waals surface area contributed by atoms with Crippen molar-refractivity contribution in [1.82, 2.24) is 4.98 Å². The zero-order valence-electron chi connectivity index (χ0n) is 5.48. The van der Waals surface area contributed by atoms with Crippen LogP contribution in [0.25, 0.3) is 0 Å². The monoisotopic (exact) mass is 233 g/mol. The third-order valence-electron chi connectivity index (χ3n) is 1.26. The first-order chi connectivity index (χ1) is 4.22. The highest BCUT2D eigenvalue weighted by Crippen LogP contribution is 2.12. The van der Waals surface area contributed by atoms with Crippen molar-refractivity contribution in [1.29, 1.82) is 0 Å². The summed E-state index contributed by atoms with van der Waals surface area (Å²) in [6, 6.07) is 2.02. The van der Waals surface area contributed by atoms with Gasteiger partial charge in [-0.3, -0.25) is 4.98 Å². The van der Waals surface area contributed by atoms with Crippen LogP contribution in [-0.4, -0.2) is 4.98 Å². The third-order valence-corrected chi connectivity index (χ3v) is 2.89. The van der Waals surface area contributed by atoms with Gasteiger partial charge in [-0.15, -0.1) is 0 Å². The molecule has 0 fully saturated rings.